The van der Waals surface area contributed by atoms with Crippen LogP contribution in [0.15, 0.2) is 61.2 Å². The van der Waals surface area contributed by atoms with E-state index in [0.717, 1.165) is 55.4 Å². The Morgan fingerprint density at radius 1 is 1.03 bits per heavy atom. The van der Waals surface area contributed by atoms with Crippen LogP contribution >= 0.6 is 0 Å². The van der Waals surface area contributed by atoms with E-state index in [2.05, 4.69) is 34.1 Å². The van der Waals surface area contributed by atoms with E-state index in [1.807, 2.05) is 29.0 Å². The molecule has 1 aliphatic rings. The molecule has 1 aliphatic heterocycles. The van der Waals surface area contributed by atoms with Crippen molar-refractivity contribution >= 4 is 0 Å². The Bertz CT molecular complexity index is 910. The molecule has 0 amide bonds. The molecule has 0 radical (unpaired) electrons. The van der Waals surface area contributed by atoms with E-state index < -0.39 is 0 Å². The van der Waals surface area contributed by atoms with Crippen molar-refractivity contribution in [1.82, 2.24) is 14.5 Å². The minimum Gasteiger partial charge on any atom is -0.493 e. The molecular weight excluding hydrogens is 366 g/mol. The van der Waals surface area contributed by atoms with Crippen LogP contribution in [-0.2, 0) is 6.54 Å². The highest BCUT2D eigenvalue weighted by molar-refractivity contribution is 5.43. The lowest BCUT2D eigenvalue weighted by molar-refractivity contribution is 0.0842. The van der Waals surface area contributed by atoms with Gasteiger partial charge >= 0.3 is 0 Å². The number of aromatic nitrogens is 2. The van der Waals surface area contributed by atoms with Crippen molar-refractivity contribution in [2.24, 2.45) is 0 Å². The molecule has 1 unspecified atom stereocenters. The van der Waals surface area contributed by atoms with Gasteiger partial charge in [-0.1, -0.05) is 6.07 Å². The third kappa shape index (κ3) is 4.71. The third-order valence-electron chi connectivity index (χ3n) is 5.26. The van der Waals surface area contributed by atoms with Crippen molar-refractivity contribution < 1.29 is 14.2 Å². The number of ether oxygens (including phenoxy) is 3. The number of hydrogen-bond acceptors (Lipinski definition) is 5. The van der Waals surface area contributed by atoms with E-state index in [0.29, 0.717) is 0 Å². The highest BCUT2D eigenvalue weighted by atomic mass is 16.5. The molecule has 0 aliphatic carbocycles. The summed E-state index contributed by atoms with van der Waals surface area (Å²) in [5, 5.41) is 0. The summed E-state index contributed by atoms with van der Waals surface area (Å²) in [7, 11) is 3.33. The highest BCUT2D eigenvalue weighted by Crippen LogP contribution is 2.29. The second-order valence-corrected chi connectivity index (χ2v) is 7.27. The van der Waals surface area contributed by atoms with E-state index in [1.54, 1.807) is 26.7 Å². The fraction of sp³-hybridized carbons (Fsp3) is 0.348. The first kappa shape index (κ1) is 19.3. The van der Waals surface area contributed by atoms with Crippen LogP contribution in [0.3, 0.4) is 0 Å². The molecule has 2 heterocycles. The molecule has 1 atom stereocenters. The minimum absolute atomic E-state index is 0.197. The number of nitrogens with zero attached hydrogens (tertiary/aromatic N) is 3. The molecule has 0 N–H and O–H groups in total. The lowest BCUT2D eigenvalue weighted by Crippen LogP contribution is -2.40. The summed E-state index contributed by atoms with van der Waals surface area (Å²) in [5.74, 6) is 2.44. The van der Waals surface area contributed by atoms with Crippen LogP contribution in [0.5, 0.6) is 17.2 Å². The Labute approximate surface area is 171 Å². The molecule has 6 nitrogen and oxygen atoms in total. The Morgan fingerprint density at radius 3 is 2.59 bits per heavy atom. The van der Waals surface area contributed by atoms with Gasteiger partial charge in [-0.15, -0.1) is 0 Å². The van der Waals surface area contributed by atoms with Crippen molar-refractivity contribution in [1.29, 1.82) is 0 Å². The molecule has 1 aromatic heterocycles. The van der Waals surface area contributed by atoms with Crippen LogP contribution in [0.4, 0.5) is 0 Å². The SMILES string of the molecule is COc1ccc(CN2CCCC(Oc3ccc(-n4ccnc4)cc3)C2)cc1OC. The predicted octanol–water partition coefficient (Wildman–Crippen LogP) is 3.93. The van der Waals surface area contributed by atoms with Gasteiger partial charge in [0.1, 0.15) is 11.9 Å². The Hall–Kier alpha value is -2.99. The van der Waals surface area contributed by atoms with Gasteiger partial charge in [-0.3, -0.25) is 4.90 Å². The molecule has 1 saturated heterocycles. The van der Waals surface area contributed by atoms with Gasteiger partial charge in [0.2, 0.25) is 0 Å². The molecule has 0 saturated carbocycles. The van der Waals surface area contributed by atoms with Gasteiger partial charge in [-0.05, 0) is 61.3 Å². The topological polar surface area (TPSA) is 48.8 Å². The standard InChI is InChI=1S/C23H27N3O3/c1-27-22-10-5-18(14-23(22)28-2)15-25-12-3-4-21(16-25)29-20-8-6-19(7-9-20)26-13-11-24-17-26/h5-11,13-14,17,21H,3-4,12,15-16H2,1-2H3. The first-order valence-corrected chi connectivity index (χ1v) is 9.93. The fourth-order valence-electron chi connectivity index (χ4n) is 3.79. The zero-order chi connectivity index (χ0) is 20.1. The summed E-state index contributed by atoms with van der Waals surface area (Å²) in [6.45, 7) is 2.87. The molecule has 3 aromatic rings. The first-order valence-electron chi connectivity index (χ1n) is 9.93. The number of piperidine rings is 1. The van der Waals surface area contributed by atoms with Crippen molar-refractivity contribution in [3.05, 3.63) is 66.7 Å². The molecule has 6 heteroatoms. The largest absolute Gasteiger partial charge is 0.493 e. The Kier molecular flexibility index (Phi) is 6.00. The second-order valence-electron chi connectivity index (χ2n) is 7.27. The average molecular weight is 393 g/mol. The van der Waals surface area contributed by atoms with E-state index in [9.17, 15) is 0 Å². The van der Waals surface area contributed by atoms with Crippen molar-refractivity contribution in [2.45, 2.75) is 25.5 Å². The number of methoxy groups -OCH3 is 2. The van der Waals surface area contributed by atoms with Crippen LogP contribution < -0.4 is 14.2 Å². The van der Waals surface area contributed by atoms with Crippen molar-refractivity contribution in [2.75, 3.05) is 27.3 Å². The van der Waals surface area contributed by atoms with Gasteiger partial charge in [-0.25, -0.2) is 4.98 Å². The maximum Gasteiger partial charge on any atom is 0.161 e. The number of rotatable bonds is 7. The quantitative estimate of drug-likeness (QED) is 0.609. The van der Waals surface area contributed by atoms with Gasteiger partial charge in [0.25, 0.3) is 0 Å². The van der Waals surface area contributed by atoms with E-state index in [1.165, 1.54) is 5.56 Å². The summed E-state index contributed by atoms with van der Waals surface area (Å²) >= 11 is 0. The van der Waals surface area contributed by atoms with Crippen LogP contribution in [0.2, 0.25) is 0 Å². The average Bonchev–Trinajstić information content (AvgIpc) is 3.29. The number of hydrogen-bond donors (Lipinski definition) is 0. The summed E-state index contributed by atoms with van der Waals surface area (Å²) < 4.78 is 19.0. The predicted molar refractivity (Wildman–Crippen MR) is 112 cm³/mol. The number of likely N-dealkylation sites (tertiary alicyclic amines) is 1. The second kappa shape index (κ2) is 9.01. The monoisotopic (exact) mass is 393 g/mol. The highest BCUT2D eigenvalue weighted by Gasteiger charge is 2.22. The Balaban J connectivity index is 1.36. The van der Waals surface area contributed by atoms with E-state index in [-0.39, 0.29) is 6.10 Å². The minimum atomic E-state index is 0.197. The van der Waals surface area contributed by atoms with Crippen molar-refractivity contribution in [3.63, 3.8) is 0 Å². The van der Waals surface area contributed by atoms with Crippen LogP contribution in [0.1, 0.15) is 18.4 Å². The molecular formula is C23H27N3O3. The normalized spacial score (nSPS) is 17.1. The number of benzene rings is 2. The fourth-order valence-corrected chi connectivity index (χ4v) is 3.79. The van der Waals surface area contributed by atoms with Crippen LogP contribution in [0, 0.1) is 0 Å². The zero-order valence-corrected chi connectivity index (χ0v) is 17.0. The van der Waals surface area contributed by atoms with Crippen LogP contribution in [0.25, 0.3) is 5.69 Å². The Morgan fingerprint density at radius 2 is 1.86 bits per heavy atom. The lowest BCUT2D eigenvalue weighted by atomic mass is 10.1. The van der Waals surface area contributed by atoms with Gasteiger partial charge < -0.3 is 18.8 Å². The molecule has 0 bridgehead atoms. The van der Waals surface area contributed by atoms with Gasteiger partial charge in [-0.2, -0.15) is 0 Å². The zero-order valence-electron chi connectivity index (χ0n) is 17.0. The summed E-state index contributed by atoms with van der Waals surface area (Å²) in [4.78, 5) is 6.53. The summed E-state index contributed by atoms with van der Waals surface area (Å²) in [6, 6.07) is 14.3. The van der Waals surface area contributed by atoms with Gasteiger partial charge in [0, 0.05) is 31.2 Å². The van der Waals surface area contributed by atoms with Gasteiger partial charge in [0.15, 0.2) is 11.5 Å². The lowest BCUT2D eigenvalue weighted by Gasteiger charge is -2.33. The van der Waals surface area contributed by atoms with Gasteiger partial charge in [0.05, 0.1) is 20.5 Å². The van der Waals surface area contributed by atoms with E-state index in [4.69, 9.17) is 14.2 Å². The van der Waals surface area contributed by atoms with E-state index >= 15 is 0 Å². The molecule has 4 rings (SSSR count). The summed E-state index contributed by atoms with van der Waals surface area (Å²) in [5.41, 5.74) is 2.29. The molecule has 2 aromatic carbocycles. The molecule has 29 heavy (non-hydrogen) atoms. The third-order valence-corrected chi connectivity index (χ3v) is 5.26. The summed E-state index contributed by atoms with van der Waals surface area (Å²) in [6.07, 6.45) is 7.91. The first-order chi connectivity index (χ1) is 14.2. The maximum absolute atomic E-state index is 6.27. The molecule has 1 fully saturated rings. The smallest absolute Gasteiger partial charge is 0.161 e. The molecule has 0 spiro atoms. The van der Waals surface area contributed by atoms with Crippen molar-refractivity contribution in [3.8, 4) is 22.9 Å². The number of imidazole rings is 1. The van der Waals surface area contributed by atoms with Crippen LogP contribution in [-0.4, -0.2) is 47.9 Å². The maximum atomic E-state index is 6.27. The molecule has 152 valence electrons.